The molecule has 1 aromatic heterocycles. The summed E-state index contributed by atoms with van der Waals surface area (Å²) < 4.78 is 16.2. The van der Waals surface area contributed by atoms with Gasteiger partial charge in [0, 0.05) is 18.7 Å². The number of benzene rings is 2. The molecule has 186 valence electrons. The Balaban J connectivity index is 1.82. The second-order valence-corrected chi connectivity index (χ2v) is 8.39. The Kier molecular flexibility index (Phi) is 9.35. The summed E-state index contributed by atoms with van der Waals surface area (Å²) in [6, 6.07) is 18.6. The fraction of sp³-hybridized carbons (Fsp3) is 0.357. The Hall–Kier alpha value is -3.74. The van der Waals surface area contributed by atoms with Gasteiger partial charge in [-0.25, -0.2) is 0 Å². The van der Waals surface area contributed by atoms with E-state index in [1.165, 1.54) is 7.11 Å². The maximum absolute atomic E-state index is 13.6. The van der Waals surface area contributed by atoms with Crippen molar-refractivity contribution in [2.75, 3.05) is 27.3 Å². The molecule has 0 bridgehead atoms. The first kappa shape index (κ1) is 25.9. The Morgan fingerprint density at radius 2 is 1.77 bits per heavy atom. The lowest BCUT2D eigenvalue weighted by Gasteiger charge is -2.31. The second kappa shape index (κ2) is 12.6. The Bertz CT molecular complexity index is 1080. The molecule has 0 N–H and O–H groups in total. The van der Waals surface area contributed by atoms with Crippen molar-refractivity contribution in [1.82, 2.24) is 9.80 Å². The third-order valence-corrected chi connectivity index (χ3v) is 6.12. The van der Waals surface area contributed by atoms with Gasteiger partial charge in [-0.15, -0.1) is 0 Å². The molecule has 3 aromatic rings. The van der Waals surface area contributed by atoms with E-state index < -0.39 is 0 Å². The van der Waals surface area contributed by atoms with Crippen LogP contribution in [0.3, 0.4) is 0 Å². The molecule has 1 heterocycles. The molecule has 0 spiro atoms. The topological polar surface area (TPSA) is 72.2 Å². The van der Waals surface area contributed by atoms with E-state index in [0.29, 0.717) is 48.8 Å². The molecule has 0 aliphatic heterocycles. The van der Waals surface area contributed by atoms with Crippen LogP contribution >= 0.6 is 0 Å². The maximum atomic E-state index is 13.6. The highest BCUT2D eigenvalue weighted by Gasteiger charge is 2.28. The monoisotopic (exact) mass is 478 g/mol. The molecule has 7 nitrogen and oxygen atoms in total. The van der Waals surface area contributed by atoms with E-state index in [4.69, 9.17) is 13.9 Å². The van der Waals surface area contributed by atoms with Crippen LogP contribution in [0.25, 0.3) is 0 Å². The van der Waals surface area contributed by atoms with Crippen LogP contribution in [0, 0.1) is 0 Å². The maximum Gasteiger partial charge on any atom is 0.258 e. The zero-order valence-corrected chi connectivity index (χ0v) is 20.9. The van der Waals surface area contributed by atoms with Gasteiger partial charge in [0.2, 0.25) is 5.91 Å². The number of methoxy groups -OCH3 is 2. The first-order chi connectivity index (χ1) is 17.0. The van der Waals surface area contributed by atoms with E-state index in [1.807, 2.05) is 50.2 Å². The zero-order valence-electron chi connectivity index (χ0n) is 20.9. The molecule has 0 aliphatic rings. The smallest absolute Gasteiger partial charge is 0.258 e. The Labute approximate surface area is 207 Å². The van der Waals surface area contributed by atoms with Gasteiger partial charge in [-0.3, -0.25) is 9.59 Å². The highest BCUT2D eigenvalue weighted by atomic mass is 16.5. The van der Waals surface area contributed by atoms with Gasteiger partial charge in [-0.1, -0.05) is 37.3 Å². The summed E-state index contributed by atoms with van der Waals surface area (Å²) in [5.74, 6) is 1.30. The number of carbonyl (C=O) groups is 2. The number of amides is 2. The largest absolute Gasteiger partial charge is 0.497 e. The number of hydrogen-bond acceptors (Lipinski definition) is 5. The summed E-state index contributed by atoms with van der Waals surface area (Å²) in [5.41, 5.74) is 1.53. The third-order valence-electron chi connectivity index (χ3n) is 6.12. The van der Waals surface area contributed by atoms with Crippen LogP contribution in [-0.4, -0.2) is 55.0 Å². The average molecular weight is 479 g/mol. The van der Waals surface area contributed by atoms with Crippen LogP contribution in [-0.2, 0) is 17.8 Å². The van der Waals surface area contributed by atoms with Crippen molar-refractivity contribution in [2.24, 2.45) is 0 Å². The summed E-state index contributed by atoms with van der Waals surface area (Å²) >= 11 is 0. The Morgan fingerprint density at radius 3 is 2.40 bits per heavy atom. The SMILES string of the molecule is CC[C@H](C)N(CC(=O)N(CCc1ccccc1)Cc1ccco1)C(=O)c1ccc(OC)cc1OC. The van der Waals surface area contributed by atoms with Crippen molar-refractivity contribution >= 4 is 11.8 Å². The normalized spacial score (nSPS) is 11.5. The molecule has 0 radical (unpaired) electrons. The van der Waals surface area contributed by atoms with E-state index in [1.54, 1.807) is 47.4 Å². The standard InChI is InChI=1S/C28H34N2O5/c1-5-21(2)30(28(32)25-14-13-23(33-3)18-26(25)34-4)20-27(31)29(19-24-12-9-17-35-24)16-15-22-10-7-6-8-11-22/h6-14,17-18,21H,5,15-16,19-20H2,1-4H3/t21-/m0/s1. The van der Waals surface area contributed by atoms with Crippen LogP contribution in [0.2, 0.25) is 0 Å². The summed E-state index contributed by atoms with van der Waals surface area (Å²) in [4.78, 5) is 30.5. The summed E-state index contributed by atoms with van der Waals surface area (Å²) in [6.07, 6.45) is 3.01. The van der Waals surface area contributed by atoms with Gasteiger partial charge in [0.1, 0.15) is 23.8 Å². The van der Waals surface area contributed by atoms with E-state index in [2.05, 4.69) is 0 Å². The molecule has 2 amide bonds. The predicted molar refractivity (Wildman–Crippen MR) is 135 cm³/mol. The molecule has 0 saturated carbocycles. The van der Waals surface area contributed by atoms with E-state index >= 15 is 0 Å². The molecule has 0 aliphatic carbocycles. The lowest BCUT2D eigenvalue weighted by atomic mass is 10.1. The molecule has 0 fully saturated rings. The summed E-state index contributed by atoms with van der Waals surface area (Å²) in [6.45, 7) is 4.75. The molecule has 3 rings (SSSR count). The highest BCUT2D eigenvalue weighted by Crippen LogP contribution is 2.27. The molecule has 0 unspecified atom stereocenters. The highest BCUT2D eigenvalue weighted by molar-refractivity contribution is 5.99. The number of furan rings is 1. The van der Waals surface area contributed by atoms with Gasteiger partial charge in [0.25, 0.3) is 5.91 Å². The molecule has 2 aromatic carbocycles. The molecule has 35 heavy (non-hydrogen) atoms. The number of hydrogen-bond donors (Lipinski definition) is 0. The average Bonchev–Trinajstić information content (AvgIpc) is 3.42. The number of nitrogens with zero attached hydrogens (tertiary/aromatic N) is 2. The quantitative estimate of drug-likeness (QED) is 0.374. The zero-order chi connectivity index (χ0) is 25.2. The first-order valence-electron chi connectivity index (χ1n) is 11.8. The van der Waals surface area contributed by atoms with Crippen LogP contribution < -0.4 is 9.47 Å². The lowest BCUT2D eigenvalue weighted by molar-refractivity contribution is -0.133. The van der Waals surface area contributed by atoms with E-state index in [9.17, 15) is 9.59 Å². The number of carbonyl (C=O) groups excluding carboxylic acids is 2. The first-order valence-corrected chi connectivity index (χ1v) is 11.8. The summed E-state index contributed by atoms with van der Waals surface area (Å²) in [7, 11) is 3.07. The minimum absolute atomic E-state index is 0.0431. The molecule has 7 heteroatoms. The second-order valence-electron chi connectivity index (χ2n) is 8.39. The van der Waals surface area contributed by atoms with Crippen LogP contribution in [0.5, 0.6) is 11.5 Å². The molecular formula is C28H34N2O5. The minimum atomic E-state index is -0.256. The molecular weight excluding hydrogens is 444 g/mol. The predicted octanol–water partition coefficient (Wildman–Crippen LogP) is 4.81. The number of ether oxygens (including phenoxy) is 2. The van der Waals surface area contributed by atoms with Crippen molar-refractivity contribution < 1.29 is 23.5 Å². The van der Waals surface area contributed by atoms with Gasteiger partial charge in [-0.05, 0) is 49.6 Å². The van der Waals surface area contributed by atoms with Crippen molar-refractivity contribution in [3.05, 3.63) is 83.8 Å². The minimum Gasteiger partial charge on any atom is -0.497 e. The van der Waals surface area contributed by atoms with Crippen LogP contribution in [0.1, 0.15) is 41.9 Å². The van der Waals surface area contributed by atoms with Crippen molar-refractivity contribution in [3.63, 3.8) is 0 Å². The summed E-state index contributed by atoms with van der Waals surface area (Å²) in [5, 5.41) is 0. The van der Waals surface area contributed by atoms with Crippen LogP contribution in [0.4, 0.5) is 0 Å². The molecule has 0 saturated heterocycles. The lowest BCUT2D eigenvalue weighted by Crippen LogP contribution is -2.47. The van der Waals surface area contributed by atoms with E-state index in [-0.39, 0.29) is 24.4 Å². The van der Waals surface area contributed by atoms with Gasteiger partial charge >= 0.3 is 0 Å². The van der Waals surface area contributed by atoms with Crippen molar-refractivity contribution in [2.45, 2.75) is 39.3 Å². The number of rotatable bonds is 12. The van der Waals surface area contributed by atoms with Gasteiger partial charge in [0.15, 0.2) is 0 Å². The Morgan fingerprint density at radius 1 is 1.00 bits per heavy atom. The van der Waals surface area contributed by atoms with E-state index in [0.717, 1.165) is 5.56 Å². The van der Waals surface area contributed by atoms with Crippen molar-refractivity contribution in [3.8, 4) is 11.5 Å². The van der Waals surface area contributed by atoms with Crippen LogP contribution in [0.15, 0.2) is 71.3 Å². The molecule has 1 atom stereocenters. The fourth-order valence-electron chi connectivity index (χ4n) is 3.82. The van der Waals surface area contributed by atoms with Crippen molar-refractivity contribution in [1.29, 1.82) is 0 Å². The van der Waals surface area contributed by atoms with Gasteiger partial charge in [0.05, 0.1) is 32.6 Å². The van der Waals surface area contributed by atoms with Gasteiger partial charge < -0.3 is 23.7 Å². The third kappa shape index (κ3) is 6.88. The van der Waals surface area contributed by atoms with Gasteiger partial charge in [-0.2, -0.15) is 0 Å². The fourth-order valence-corrected chi connectivity index (χ4v) is 3.82.